The van der Waals surface area contributed by atoms with Gasteiger partial charge in [-0.3, -0.25) is 4.79 Å². The molecule has 5 heteroatoms. The topological polar surface area (TPSA) is 50.8 Å². The number of anilines is 2. The van der Waals surface area contributed by atoms with E-state index in [4.69, 9.17) is 9.47 Å². The summed E-state index contributed by atoms with van der Waals surface area (Å²) in [5.74, 6) is 0.605. The van der Waals surface area contributed by atoms with Gasteiger partial charge in [-0.25, -0.2) is 0 Å². The smallest absolute Gasteiger partial charge is 0.265 e. The first kappa shape index (κ1) is 19.2. The molecule has 5 nitrogen and oxygen atoms in total. The fourth-order valence-corrected chi connectivity index (χ4v) is 3.29. The highest BCUT2D eigenvalue weighted by atomic mass is 16.5. The molecule has 0 spiro atoms. The van der Waals surface area contributed by atoms with Crippen LogP contribution < -0.4 is 15.0 Å². The lowest BCUT2D eigenvalue weighted by atomic mass is 10.1. The van der Waals surface area contributed by atoms with E-state index >= 15 is 0 Å². The normalized spacial score (nSPS) is 15.3. The number of hydrogen-bond acceptors (Lipinski definition) is 4. The Morgan fingerprint density at radius 1 is 1.11 bits per heavy atom. The van der Waals surface area contributed by atoms with Crippen molar-refractivity contribution >= 4 is 17.3 Å². The van der Waals surface area contributed by atoms with Crippen molar-refractivity contribution in [1.82, 2.24) is 0 Å². The van der Waals surface area contributed by atoms with Crippen LogP contribution in [0.5, 0.6) is 5.75 Å². The molecule has 1 amide bonds. The minimum absolute atomic E-state index is 0.129. The Morgan fingerprint density at radius 2 is 1.74 bits per heavy atom. The van der Waals surface area contributed by atoms with Crippen LogP contribution in [0.4, 0.5) is 11.4 Å². The Labute approximate surface area is 161 Å². The van der Waals surface area contributed by atoms with Crippen LogP contribution in [0.25, 0.3) is 0 Å². The second kappa shape index (κ2) is 8.91. The van der Waals surface area contributed by atoms with Gasteiger partial charge in [-0.15, -0.1) is 0 Å². The average Bonchev–Trinajstić information content (AvgIpc) is 2.66. The van der Waals surface area contributed by atoms with E-state index in [2.05, 4.69) is 16.3 Å². The van der Waals surface area contributed by atoms with E-state index in [-0.39, 0.29) is 5.91 Å². The number of rotatable bonds is 6. The molecule has 0 saturated carbocycles. The molecular formula is C22H28N2O3. The summed E-state index contributed by atoms with van der Waals surface area (Å²) in [5, 5.41) is 2.97. The highest BCUT2D eigenvalue weighted by molar-refractivity contribution is 5.94. The summed E-state index contributed by atoms with van der Waals surface area (Å²) in [4.78, 5) is 14.9. The molecule has 0 bridgehead atoms. The number of morpholine rings is 1. The van der Waals surface area contributed by atoms with Gasteiger partial charge in [0.2, 0.25) is 0 Å². The number of amides is 1. The standard InChI is InChI=1S/C22H28N2O3/c1-4-21(27-20-14-16(2)13-17(3)15-20)22(25)23-18-5-7-19(8-6-18)24-9-11-26-12-10-24/h5-8,13-15,21H,4,9-12H2,1-3H3,(H,23,25). The first-order valence-corrected chi connectivity index (χ1v) is 9.53. The maximum absolute atomic E-state index is 12.6. The quantitative estimate of drug-likeness (QED) is 0.839. The van der Waals surface area contributed by atoms with Gasteiger partial charge in [-0.05, 0) is 67.8 Å². The van der Waals surface area contributed by atoms with Crippen molar-refractivity contribution in [2.75, 3.05) is 36.5 Å². The van der Waals surface area contributed by atoms with Crippen molar-refractivity contribution in [2.24, 2.45) is 0 Å². The molecule has 3 rings (SSSR count). The number of nitrogens with zero attached hydrogens (tertiary/aromatic N) is 1. The molecule has 27 heavy (non-hydrogen) atoms. The number of carbonyl (C=O) groups is 1. The van der Waals surface area contributed by atoms with Gasteiger partial charge in [0.15, 0.2) is 6.10 Å². The van der Waals surface area contributed by atoms with E-state index in [1.165, 1.54) is 0 Å². The minimum atomic E-state index is -0.523. The molecule has 1 unspecified atom stereocenters. The average molecular weight is 368 g/mol. The Balaban J connectivity index is 1.62. The van der Waals surface area contributed by atoms with Crippen LogP contribution in [0.1, 0.15) is 24.5 Å². The van der Waals surface area contributed by atoms with Crippen molar-refractivity contribution in [3.05, 3.63) is 53.6 Å². The molecule has 144 valence electrons. The summed E-state index contributed by atoms with van der Waals surface area (Å²) in [6, 6.07) is 13.9. The zero-order chi connectivity index (χ0) is 19.2. The number of ether oxygens (including phenoxy) is 2. The third kappa shape index (κ3) is 5.23. The first-order chi connectivity index (χ1) is 13.0. The zero-order valence-corrected chi connectivity index (χ0v) is 16.3. The molecule has 2 aromatic rings. The van der Waals surface area contributed by atoms with Crippen molar-refractivity contribution in [3.63, 3.8) is 0 Å². The molecule has 1 N–H and O–H groups in total. The van der Waals surface area contributed by atoms with Gasteiger partial charge in [0.25, 0.3) is 5.91 Å². The lowest BCUT2D eigenvalue weighted by Gasteiger charge is -2.29. The van der Waals surface area contributed by atoms with Gasteiger partial charge < -0.3 is 19.7 Å². The number of carbonyl (C=O) groups excluding carboxylic acids is 1. The third-order valence-corrected chi connectivity index (χ3v) is 4.65. The minimum Gasteiger partial charge on any atom is -0.481 e. The second-order valence-electron chi connectivity index (χ2n) is 6.97. The Hall–Kier alpha value is -2.53. The molecule has 1 atom stereocenters. The summed E-state index contributed by atoms with van der Waals surface area (Å²) >= 11 is 0. The summed E-state index contributed by atoms with van der Waals surface area (Å²) in [6.07, 6.45) is 0.0788. The Morgan fingerprint density at radius 3 is 2.33 bits per heavy atom. The molecule has 0 aromatic heterocycles. The maximum atomic E-state index is 12.6. The summed E-state index contributed by atoms with van der Waals surface area (Å²) < 4.78 is 11.3. The van der Waals surface area contributed by atoms with Crippen LogP contribution >= 0.6 is 0 Å². The highest BCUT2D eigenvalue weighted by Crippen LogP contribution is 2.21. The molecule has 1 aliphatic heterocycles. The van der Waals surface area contributed by atoms with Gasteiger partial charge in [0, 0.05) is 24.5 Å². The number of nitrogens with one attached hydrogen (secondary N) is 1. The molecule has 1 saturated heterocycles. The largest absolute Gasteiger partial charge is 0.481 e. The van der Waals surface area contributed by atoms with Gasteiger partial charge >= 0.3 is 0 Å². The molecule has 0 radical (unpaired) electrons. The molecule has 0 aliphatic carbocycles. The van der Waals surface area contributed by atoms with Crippen LogP contribution in [0.2, 0.25) is 0 Å². The monoisotopic (exact) mass is 368 g/mol. The number of aryl methyl sites for hydroxylation is 2. The van der Waals surface area contributed by atoms with Crippen LogP contribution in [-0.2, 0) is 9.53 Å². The molecule has 1 fully saturated rings. The lowest BCUT2D eigenvalue weighted by molar-refractivity contribution is -0.122. The number of benzene rings is 2. The molecule has 1 aliphatic rings. The third-order valence-electron chi connectivity index (χ3n) is 4.65. The van der Waals surface area contributed by atoms with Crippen LogP contribution in [0.15, 0.2) is 42.5 Å². The van der Waals surface area contributed by atoms with Crippen molar-refractivity contribution in [2.45, 2.75) is 33.3 Å². The maximum Gasteiger partial charge on any atom is 0.265 e. The van der Waals surface area contributed by atoms with Crippen molar-refractivity contribution in [3.8, 4) is 5.75 Å². The molecular weight excluding hydrogens is 340 g/mol. The van der Waals surface area contributed by atoms with E-state index < -0.39 is 6.10 Å². The van der Waals surface area contributed by atoms with Crippen LogP contribution in [0.3, 0.4) is 0 Å². The fourth-order valence-electron chi connectivity index (χ4n) is 3.29. The summed E-state index contributed by atoms with van der Waals surface area (Å²) in [6.45, 7) is 9.31. The Bertz CT molecular complexity index is 747. The lowest BCUT2D eigenvalue weighted by Crippen LogP contribution is -2.36. The predicted octanol–water partition coefficient (Wildman–Crippen LogP) is 3.94. The zero-order valence-electron chi connectivity index (χ0n) is 16.3. The van der Waals surface area contributed by atoms with Gasteiger partial charge in [-0.1, -0.05) is 13.0 Å². The number of hydrogen-bond donors (Lipinski definition) is 1. The molecule has 2 aromatic carbocycles. The van der Waals surface area contributed by atoms with E-state index in [9.17, 15) is 4.79 Å². The highest BCUT2D eigenvalue weighted by Gasteiger charge is 2.19. The van der Waals surface area contributed by atoms with E-state index in [1.54, 1.807) is 0 Å². The van der Waals surface area contributed by atoms with Gasteiger partial charge in [0.1, 0.15) is 5.75 Å². The first-order valence-electron chi connectivity index (χ1n) is 9.53. The van der Waals surface area contributed by atoms with Crippen molar-refractivity contribution in [1.29, 1.82) is 0 Å². The fraction of sp³-hybridized carbons (Fsp3) is 0.409. The Kier molecular flexibility index (Phi) is 6.35. The van der Waals surface area contributed by atoms with Crippen LogP contribution in [0, 0.1) is 13.8 Å². The van der Waals surface area contributed by atoms with E-state index in [1.807, 2.05) is 57.2 Å². The van der Waals surface area contributed by atoms with Gasteiger partial charge in [-0.2, -0.15) is 0 Å². The van der Waals surface area contributed by atoms with Crippen molar-refractivity contribution < 1.29 is 14.3 Å². The summed E-state index contributed by atoms with van der Waals surface area (Å²) in [5.41, 5.74) is 4.17. The molecule has 1 heterocycles. The SMILES string of the molecule is CCC(Oc1cc(C)cc(C)c1)C(=O)Nc1ccc(N2CCOCC2)cc1. The van der Waals surface area contributed by atoms with Gasteiger partial charge in [0.05, 0.1) is 13.2 Å². The predicted molar refractivity (Wildman–Crippen MR) is 109 cm³/mol. The summed E-state index contributed by atoms with van der Waals surface area (Å²) in [7, 11) is 0. The van der Waals surface area contributed by atoms with E-state index in [0.29, 0.717) is 6.42 Å². The van der Waals surface area contributed by atoms with Crippen LogP contribution in [-0.4, -0.2) is 38.3 Å². The second-order valence-corrected chi connectivity index (χ2v) is 6.97. The van der Waals surface area contributed by atoms with E-state index in [0.717, 1.165) is 54.6 Å².